The first-order valence-corrected chi connectivity index (χ1v) is 7.75. The van der Waals surface area contributed by atoms with E-state index in [0.717, 1.165) is 11.5 Å². The van der Waals surface area contributed by atoms with Crippen molar-refractivity contribution in [1.82, 2.24) is 14.3 Å². The summed E-state index contributed by atoms with van der Waals surface area (Å²) < 4.78 is 28.6. The van der Waals surface area contributed by atoms with Crippen molar-refractivity contribution in [3.05, 3.63) is 42.5 Å². The lowest BCUT2D eigenvalue weighted by Crippen LogP contribution is -2.26. The van der Waals surface area contributed by atoms with Gasteiger partial charge in [0.1, 0.15) is 5.82 Å². The summed E-state index contributed by atoms with van der Waals surface area (Å²) in [5.41, 5.74) is 0.872. The Hall–Kier alpha value is -1.86. The molecule has 0 aliphatic carbocycles. The number of nitrogens with zero attached hydrogens (tertiary/aromatic N) is 2. The summed E-state index contributed by atoms with van der Waals surface area (Å²) in [5.74, 6) is 0.846. The Balaban J connectivity index is 1.98. The Morgan fingerprint density at radius 2 is 1.95 bits per heavy atom. The molecule has 0 atom stereocenters. The highest BCUT2D eigenvalue weighted by Crippen LogP contribution is 2.13. The van der Waals surface area contributed by atoms with Crippen molar-refractivity contribution < 1.29 is 8.42 Å². The minimum Gasteiger partial charge on any atom is -0.388 e. The van der Waals surface area contributed by atoms with Gasteiger partial charge in [0.25, 0.3) is 0 Å². The second-order valence-electron chi connectivity index (χ2n) is 4.38. The lowest BCUT2D eigenvalue weighted by atomic mass is 10.3. The van der Waals surface area contributed by atoms with Crippen LogP contribution >= 0.6 is 0 Å². The fourth-order valence-electron chi connectivity index (χ4n) is 1.82. The summed E-state index contributed by atoms with van der Waals surface area (Å²) in [4.78, 5) is 4.41. The quantitative estimate of drug-likeness (QED) is 0.833. The van der Waals surface area contributed by atoms with Crippen molar-refractivity contribution >= 4 is 15.7 Å². The van der Waals surface area contributed by atoms with Gasteiger partial charge < -0.3 is 9.88 Å². The van der Waals surface area contributed by atoms with Crippen LogP contribution in [0, 0.1) is 0 Å². The molecule has 0 aliphatic heterocycles. The maximum atomic E-state index is 12.1. The van der Waals surface area contributed by atoms with E-state index >= 15 is 0 Å². The molecule has 108 valence electrons. The Bertz CT molecular complexity index is 662. The van der Waals surface area contributed by atoms with Crippen molar-refractivity contribution in [2.45, 2.75) is 11.3 Å². The standard InChI is InChI=1S/C13H18N4O2S/c1-14-11-3-5-12(6-4-11)20(18,19)16-8-7-13-15-9-10-17(13)2/h3-6,9-10,14,16H,7-8H2,1-2H3. The van der Waals surface area contributed by atoms with Gasteiger partial charge in [-0.05, 0) is 24.3 Å². The first kappa shape index (κ1) is 14.5. The van der Waals surface area contributed by atoms with E-state index in [1.54, 1.807) is 37.5 Å². The molecule has 0 radical (unpaired) electrons. The number of aromatic nitrogens is 2. The zero-order valence-corrected chi connectivity index (χ0v) is 12.3. The van der Waals surface area contributed by atoms with Crippen LogP contribution in [0.4, 0.5) is 5.69 Å². The van der Waals surface area contributed by atoms with E-state index in [4.69, 9.17) is 0 Å². The number of rotatable bonds is 6. The van der Waals surface area contributed by atoms with E-state index in [0.29, 0.717) is 13.0 Å². The first-order chi connectivity index (χ1) is 9.53. The molecule has 6 nitrogen and oxygen atoms in total. The molecular weight excluding hydrogens is 276 g/mol. The number of aryl methyl sites for hydroxylation is 1. The molecule has 2 rings (SSSR count). The number of imidazole rings is 1. The molecule has 0 unspecified atom stereocenters. The molecule has 2 N–H and O–H groups in total. The smallest absolute Gasteiger partial charge is 0.240 e. The summed E-state index contributed by atoms with van der Waals surface area (Å²) >= 11 is 0. The third-order valence-electron chi connectivity index (χ3n) is 3.01. The highest BCUT2D eigenvalue weighted by atomic mass is 32.2. The molecule has 1 heterocycles. The lowest BCUT2D eigenvalue weighted by molar-refractivity contribution is 0.580. The summed E-state index contributed by atoms with van der Waals surface area (Å²) in [6.45, 7) is 0.320. The minimum atomic E-state index is -3.47. The van der Waals surface area contributed by atoms with Gasteiger partial charge >= 0.3 is 0 Å². The van der Waals surface area contributed by atoms with Crippen molar-refractivity contribution in [2.24, 2.45) is 7.05 Å². The summed E-state index contributed by atoms with van der Waals surface area (Å²) in [6.07, 6.45) is 4.08. The maximum Gasteiger partial charge on any atom is 0.240 e. The maximum absolute atomic E-state index is 12.1. The summed E-state index contributed by atoms with van der Waals surface area (Å²) in [7, 11) is 0.202. The fraction of sp³-hybridized carbons (Fsp3) is 0.308. The Kier molecular flexibility index (Phi) is 4.41. The van der Waals surface area contributed by atoms with Crippen LogP contribution in [-0.2, 0) is 23.5 Å². The van der Waals surface area contributed by atoms with Gasteiger partial charge in [0, 0.05) is 45.1 Å². The Morgan fingerprint density at radius 1 is 1.25 bits per heavy atom. The van der Waals surface area contributed by atoms with Crippen molar-refractivity contribution in [3.8, 4) is 0 Å². The van der Waals surface area contributed by atoms with Crippen molar-refractivity contribution in [3.63, 3.8) is 0 Å². The molecule has 0 saturated carbocycles. The van der Waals surface area contributed by atoms with Crippen LogP contribution in [0.2, 0.25) is 0 Å². The summed E-state index contributed by atoms with van der Waals surface area (Å²) in [5, 5.41) is 2.95. The van der Waals surface area contributed by atoms with Crippen LogP contribution < -0.4 is 10.0 Å². The SMILES string of the molecule is CNc1ccc(S(=O)(=O)NCCc2nccn2C)cc1. The summed E-state index contributed by atoms with van der Waals surface area (Å²) in [6, 6.07) is 6.62. The van der Waals surface area contributed by atoms with E-state index in [1.807, 2.05) is 17.8 Å². The third kappa shape index (κ3) is 3.37. The average molecular weight is 294 g/mol. The minimum absolute atomic E-state index is 0.261. The normalized spacial score (nSPS) is 11.5. The van der Waals surface area contributed by atoms with Crippen LogP contribution in [0.5, 0.6) is 0 Å². The topological polar surface area (TPSA) is 76.0 Å². The molecule has 0 amide bonds. The average Bonchev–Trinajstić information content (AvgIpc) is 2.84. The predicted molar refractivity (Wildman–Crippen MR) is 78.1 cm³/mol. The third-order valence-corrected chi connectivity index (χ3v) is 4.49. The van der Waals surface area contributed by atoms with Gasteiger partial charge in [-0.25, -0.2) is 18.1 Å². The van der Waals surface area contributed by atoms with E-state index in [9.17, 15) is 8.42 Å². The molecule has 2 aromatic rings. The van der Waals surface area contributed by atoms with Crippen LogP contribution in [0.1, 0.15) is 5.82 Å². The molecule has 0 aliphatic rings. The largest absolute Gasteiger partial charge is 0.388 e. The molecule has 20 heavy (non-hydrogen) atoms. The van der Waals surface area contributed by atoms with E-state index < -0.39 is 10.0 Å². The number of hydrogen-bond donors (Lipinski definition) is 2. The molecule has 0 fully saturated rings. The predicted octanol–water partition coefficient (Wildman–Crippen LogP) is 0.983. The molecule has 1 aromatic carbocycles. The molecule has 7 heteroatoms. The number of nitrogens with one attached hydrogen (secondary N) is 2. The Morgan fingerprint density at radius 3 is 2.50 bits per heavy atom. The second-order valence-corrected chi connectivity index (χ2v) is 6.14. The van der Waals surface area contributed by atoms with Crippen LogP contribution in [0.25, 0.3) is 0 Å². The first-order valence-electron chi connectivity index (χ1n) is 6.26. The Labute approximate surface area is 118 Å². The highest BCUT2D eigenvalue weighted by molar-refractivity contribution is 7.89. The van der Waals surface area contributed by atoms with Crippen LogP contribution in [0.15, 0.2) is 41.6 Å². The van der Waals surface area contributed by atoms with Gasteiger partial charge in [-0.15, -0.1) is 0 Å². The molecule has 0 spiro atoms. The molecule has 0 saturated heterocycles. The van der Waals surface area contributed by atoms with Crippen LogP contribution in [0.3, 0.4) is 0 Å². The van der Waals surface area contributed by atoms with Gasteiger partial charge in [-0.1, -0.05) is 0 Å². The van der Waals surface area contributed by atoms with E-state index in [1.165, 1.54) is 0 Å². The van der Waals surface area contributed by atoms with Crippen molar-refractivity contribution in [2.75, 3.05) is 18.9 Å². The molecule has 0 bridgehead atoms. The van der Waals surface area contributed by atoms with E-state index in [2.05, 4.69) is 15.0 Å². The fourth-order valence-corrected chi connectivity index (χ4v) is 2.85. The highest BCUT2D eigenvalue weighted by Gasteiger charge is 2.13. The van der Waals surface area contributed by atoms with Gasteiger partial charge in [0.05, 0.1) is 4.90 Å². The number of anilines is 1. The number of sulfonamides is 1. The van der Waals surface area contributed by atoms with Crippen LogP contribution in [-0.4, -0.2) is 31.6 Å². The molecular formula is C13H18N4O2S. The lowest BCUT2D eigenvalue weighted by Gasteiger charge is -2.07. The zero-order chi connectivity index (χ0) is 14.6. The monoisotopic (exact) mass is 294 g/mol. The zero-order valence-electron chi connectivity index (χ0n) is 11.5. The van der Waals surface area contributed by atoms with Gasteiger partial charge in [0.2, 0.25) is 10.0 Å². The van der Waals surface area contributed by atoms with Gasteiger partial charge in [0.15, 0.2) is 0 Å². The van der Waals surface area contributed by atoms with Crippen molar-refractivity contribution in [1.29, 1.82) is 0 Å². The number of benzene rings is 1. The molecule has 1 aromatic heterocycles. The second kappa shape index (κ2) is 6.06. The van der Waals surface area contributed by atoms with E-state index in [-0.39, 0.29) is 4.90 Å². The van der Waals surface area contributed by atoms with Gasteiger partial charge in [-0.3, -0.25) is 0 Å². The van der Waals surface area contributed by atoms with Gasteiger partial charge in [-0.2, -0.15) is 0 Å². The number of hydrogen-bond acceptors (Lipinski definition) is 4.